The van der Waals surface area contributed by atoms with Crippen LogP contribution in [0.4, 0.5) is 0 Å². The van der Waals surface area contributed by atoms with Crippen LogP contribution in [0.25, 0.3) is 0 Å². The number of aliphatic hydroxyl groups excluding tert-OH is 1. The van der Waals surface area contributed by atoms with Gasteiger partial charge in [0.2, 0.25) is 0 Å². The van der Waals surface area contributed by atoms with Crippen molar-refractivity contribution in [2.24, 2.45) is 0 Å². The number of benzene rings is 2. The molecule has 1 N–H and O–H groups in total. The maximum Gasteiger partial charge on any atom is 0.0886 e. The average Bonchev–Trinajstić information content (AvgIpc) is 2.38. The topological polar surface area (TPSA) is 20.2 Å². The summed E-state index contributed by atoms with van der Waals surface area (Å²) in [7, 11) is 0. The molecule has 0 bridgehead atoms. The molecule has 3 heteroatoms. The van der Waals surface area contributed by atoms with Crippen molar-refractivity contribution in [3.63, 3.8) is 0 Å². The van der Waals surface area contributed by atoms with Gasteiger partial charge in [0.15, 0.2) is 0 Å². The third-order valence-corrected chi connectivity index (χ3v) is 4.37. The van der Waals surface area contributed by atoms with Crippen molar-refractivity contribution < 1.29 is 5.11 Å². The molecule has 0 amide bonds. The first-order valence-corrected chi connectivity index (χ1v) is 7.16. The number of halogens is 1. The van der Waals surface area contributed by atoms with E-state index >= 15 is 0 Å². The molecule has 1 atom stereocenters. The molecule has 0 fully saturated rings. The van der Waals surface area contributed by atoms with E-state index in [1.807, 2.05) is 55.5 Å². The van der Waals surface area contributed by atoms with Gasteiger partial charge in [0, 0.05) is 10.6 Å². The summed E-state index contributed by atoms with van der Waals surface area (Å²) in [4.78, 5) is 1.01. The Balaban J connectivity index is 2.03. The molecule has 0 aliphatic carbocycles. The quantitative estimate of drug-likeness (QED) is 0.833. The lowest BCUT2D eigenvalue weighted by atomic mass is 10.1. The van der Waals surface area contributed by atoms with Crippen LogP contribution in [0.1, 0.15) is 17.2 Å². The summed E-state index contributed by atoms with van der Waals surface area (Å²) >= 11 is 7.66. The van der Waals surface area contributed by atoms with Gasteiger partial charge in [0.05, 0.1) is 11.1 Å². The smallest absolute Gasteiger partial charge is 0.0886 e. The SMILES string of the molecule is Cc1ccccc1C(O)CSc1ccccc1Cl. The summed E-state index contributed by atoms with van der Waals surface area (Å²) in [5, 5.41) is 10.9. The zero-order chi connectivity index (χ0) is 13.0. The van der Waals surface area contributed by atoms with Crippen LogP contribution in [-0.4, -0.2) is 10.9 Å². The zero-order valence-corrected chi connectivity index (χ0v) is 11.7. The Morgan fingerprint density at radius 2 is 1.78 bits per heavy atom. The number of aliphatic hydroxyl groups is 1. The molecule has 2 aromatic carbocycles. The normalized spacial score (nSPS) is 12.4. The monoisotopic (exact) mass is 278 g/mol. The van der Waals surface area contributed by atoms with Gasteiger partial charge >= 0.3 is 0 Å². The van der Waals surface area contributed by atoms with Gasteiger partial charge in [-0.15, -0.1) is 11.8 Å². The zero-order valence-electron chi connectivity index (χ0n) is 10.1. The summed E-state index contributed by atoms with van der Waals surface area (Å²) < 4.78 is 0. The maximum atomic E-state index is 10.2. The first-order chi connectivity index (χ1) is 8.68. The summed E-state index contributed by atoms with van der Waals surface area (Å²) in [5.41, 5.74) is 2.10. The Labute approximate surface area is 117 Å². The van der Waals surface area contributed by atoms with Crippen LogP contribution in [0.3, 0.4) is 0 Å². The molecular weight excluding hydrogens is 264 g/mol. The number of hydrogen-bond donors (Lipinski definition) is 1. The second kappa shape index (κ2) is 6.28. The van der Waals surface area contributed by atoms with Crippen LogP contribution in [0, 0.1) is 6.92 Å². The van der Waals surface area contributed by atoms with Gasteiger partial charge in [-0.05, 0) is 30.2 Å². The lowest BCUT2D eigenvalue weighted by molar-refractivity contribution is 0.203. The lowest BCUT2D eigenvalue weighted by Crippen LogP contribution is -2.02. The van der Waals surface area contributed by atoms with Crippen LogP contribution in [0.15, 0.2) is 53.4 Å². The lowest BCUT2D eigenvalue weighted by Gasteiger charge is -2.13. The maximum absolute atomic E-state index is 10.2. The van der Waals surface area contributed by atoms with E-state index in [2.05, 4.69) is 0 Å². The Bertz CT molecular complexity index is 527. The van der Waals surface area contributed by atoms with Crippen LogP contribution in [0.5, 0.6) is 0 Å². The Kier molecular flexibility index (Phi) is 4.70. The van der Waals surface area contributed by atoms with Crippen LogP contribution in [0.2, 0.25) is 5.02 Å². The van der Waals surface area contributed by atoms with Crippen LogP contribution >= 0.6 is 23.4 Å². The number of rotatable bonds is 4. The molecular formula is C15H15ClOS. The standard InChI is InChI=1S/C15H15ClOS/c1-11-6-2-3-7-12(11)14(17)10-18-15-9-5-4-8-13(15)16/h2-9,14,17H,10H2,1H3. The third kappa shape index (κ3) is 3.29. The summed E-state index contributed by atoms with van der Waals surface area (Å²) in [6, 6.07) is 15.6. The highest BCUT2D eigenvalue weighted by molar-refractivity contribution is 7.99. The fourth-order valence-corrected chi connectivity index (χ4v) is 2.98. The van der Waals surface area contributed by atoms with Gasteiger partial charge in [-0.2, -0.15) is 0 Å². The van der Waals surface area contributed by atoms with Crippen LogP contribution < -0.4 is 0 Å². The van der Waals surface area contributed by atoms with E-state index in [1.165, 1.54) is 0 Å². The van der Waals surface area contributed by atoms with Crippen molar-refractivity contribution >= 4 is 23.4 Å². The summed E-state index contributed by atoms with van der Waals surface area (Å²) in [6.07, 6.45) is -0.465. The third-order valence-electron chi connectivity index (χ3n) is 2.78. The van der Waals surface area contributed by atoms with E-state index in [4.69, 9.17) is 11.6 Å². The fourth-order valence-electron chi connectivity index (χ4n) is 1.78. The van der Waals surface area contributed by atoms with Gasteiger partial charge in [0.1, 0.15) is 0 Å². The molecule has 0 aliphatic rings. The van der Waals surface area contributed by atoms with Crippen molar-refractivity contribution in [3.05, 3.63) is 64.7 Å². The predicted molar refractivity (Wildman–Crippen MR) is 78.3 cm³/mol. The minimum atomic E-state index is -0.465. The molecule has 0 heterocycles. The van der Waals surface area contributed by atoms with Crippen molar-refractivity contribution in [1.29, 1.82) is 0 Å². The molecule has 2 rings (SSSR count). The Morgan fingerprint density at radius 3 is 2.50 bits per heavy atom. The molecule has 0 spiro atoms. The van der Waals surface area contributed by atoms with Gasteiger partial charge in [-0.3, -0.25) is 0 Å². The molecule has 0 radical (unpaired) electrons. The van der Waals surface area contributed by atoms with E-state index in [1.54, 1.807) is 11.8 Å². The molecule has 1 unspecified atom stereocenters. The fraction of sp³-hybridized carbons (Fsp3) is 0.200. The van der Waals surface area contributed by atoms with Gasteiger partial charge < -0.3 is 5.11 Å². The van der Waals surface area contributed by atoms with Crippen molar-refractivity contribution in [2.75, 3.05) is 5.75 Å². The van der Waals surface area contributed by atoms with E-state index in [0.717, 1.165) is 21.0 Å². The first-order valence-electron chi connectivity index (χ1n) is 5.79. The molecule has 18 heavy (non-hydrogen) atoms. The van der Waals surface area contributed by atoms with Gasteiger partial charge in [0.25, 0.3) is 0 Å². The van der Waals surface area contributed by atoms with E-state index in [9.17, 15) is 5.11 Å². The van der Waals surface area contributed by atoms with Gasteiger partial charge in [-0.1, -0.05) is 48.0 Å². The number of aryl methyl sites for hydroxylation is 1. The molecule has 0 aliphatic heterocycles. The summed E-state index contributed by atoms with van der Waals surface area (Å²) in [6.45, 7) is 2.01. The average molecular weight is 279 g/mol. The first kappa shape index (κ1) is 13.5. The Morgan fingerprint density at radius 1 is 1.11 bits per heavy atom. The second-order valence-corrected chi connectivity index (χ2v) is 5.58. The minimum absolute atomic E-state index is 0.465. The predicted octanol–water partition coefficient (Wildman–Crippen LogP) is 4.47. The van der Waals surface area contributed by atoms with E-state index < -0.39 is 6.10 Å². The van der Waals surface area contributed by atoms with E-state index in [-0.39, 0.29) is 0 Å². The molecule has 2 aromatic rings. The second-order valence-electron chi connectivity index (χ2n) is 4.11. The highest BCUT2D eigenvalue weighted by Crippen LogP contribution is 2.30. The number of hydrogen-bond acceptors (Lipinski definition) is 2. The summed E-state index contributed by atoms with van der Waals surface area (Å²) in [5.74, 6) is 0.606. The van der Waals surface area contributed by atoms with Crippen molar-refractivity contribution in [1.82, 2.24) is 0 Å². The molecule has 94 valence electrons. The molecule has 0 saturated carbocycles. The van der Waals surface area contributed by atoms with E-state index in [0.29, 0.717) is 5.75 Å². The van der Waals surface area contributed by atoms with Gasteiger partial charge in [-0.25, -0.2) is 0 Å². The number of thioether (sulfide) groups is 1. The largest absolute Gasteiger partial charge is 0.388 e. The highest BCUT2D eigenvalue weighted by atomic mass is 35.5. The minimum Gasteiger partial charge on any atom is -0.388 e. The Hall–Kier alpha value is -0.960. The van der Waals surface area contributed by atoms with Crippen molar-refractivity contribution in [3.8, 4) is 0 Å². The van der Waals surface area contributed by atoms with Crippen LogP contribution in [-0.2, 0) is 0 Å². The van der Waals surface area contributed by atoms with Crippen molar-refractivity contribution in [2.45, 2.75) is 17.9 Å². The molecule has 1 nitrogen and oxygen atoms in total. The molecule has 0 aromatic heterocycles. The highest BCUT2D eigenvalue weighted by Gasteiger charge is 2.11. The molecule has 0 saturated heterocycles.